The van der Waals surface area contributed by atoms with E-state index in [1.807, 2.05) is 14.0 Å². The Morgan fingerprint density at radius 1 is 1.29 bits per heavy atom. The topological polar surface area (TPSA) is 37.8 Å². The highest BCUT2D eigenvalue weighted by Crippen LogP contribution is 2.23. The molecule has 17 heavy (non-hydrogen) atoms. The lowest BCUT2D eigenvalue weighted by molar-refractivity contribution is 0.534. The quantitative estimate of drug-likeness (QED) is 0.872. The first-order valence-electron chi connectivity index (χ1n) is 6.39. The molecule has 0 fully saturated rings. The molecule has 0 aliphatic heterocycles. The van der Waals surface area contributed by atoms with E-state index in [0.717, 1.165) is 30.2 Å². The third kappa shape index (κ3) is 3.77. The molecular formula is C14H25N3. The molecule has 0 radical (unpaired) electrons. The van der Waals surface area contributed by atoms with Crippen LogP contribution in [0, 0.1) is 6.92 Å². The van der Waals surface area contributed by atoms with E-state index in [-0.39, 0.29) is 5.41 Å². The normalized spacial score (nSPS) is 13.8. The summed E-state index contributed by atoms with van der Waals surface area (Å²) in [6, 6.07) is 2.09. The molecule has 0 saturated heterocycles. The van der Waals surface area contributed by atoms with Crippen LogP contribution >= 0.6 is 0 Å². The fraction of sp³-hybridized carbons (Fsp3) is 0.714. The standard InChI is InChI=1S/C14H25N3/c1-7-11(9-15-6)13-16-10(2)8-12(17-13)14(3,4)5/h8,11,15H,7,9H2,1-6H3. The lowest BCUT2D eigenvalue weighted by Crippen LogP contribution is -2.22. The number of hydrogen-bond donors (Lipinski definition) is 1. The van der Waals surface area contributed by atoms with E-state index in [1.165, 1.54) is 0 Å². The molecule has 0 amide bonds. The predicted molar refractivity (Wildman–Crippen MR) is 72.4 cm³/mol. The zero-order valence-corrected chi connectivity index (χ0v) is 12.0. The van der Waals surface area contributed by atoms with Crippen LogP contribution in [0.2, 0.25) is 0 Å². The molecule has 3 heteroatoms. The van der Waals surface area contributed by atoms with Crippen molar-refractivity contribution in [3.05, 3.63) is 23.3 Å². The Hall–Kier alpha value is -0.960. The molecular weight excluding hydrogens is 210 g/mol. The molecule has 1 aromatic rings. The summed E-state index contributed by atoms with van der Waals surface area (Å²) in [5.74, 6) is 1.38. The van der Waals surface area contributed by atoms with Crippen LogP contribution in [0.25, 0.3) is 0 Å². The van der Waals surface area contributed by atoms with Crippen molar-refractivity contribution in [2.45, 2.75) is 52.4 Å². The number of rotatable bonds is 4. The summed E-state index contributed by atoms with van der Waals surface area (Å²) in [7, 11) is 1.98. The highest BCUT2D eigenvalue weighted by Gasteiger charge is 2.19. The van der Waals surface area contributed by atoms with Gasteiger partial charge in [-0.05, 0) is 26.5 Å². The maximum absolute atomic E-state index is 4.74. The van der Waals surface area contributed by atoms with Gasteiger partial charge in [-0.3, -0.25) is 0 Å². The van der Waals surface area contributed by atoms with Crippen LogP contribution in [0.3, 0.4) is 0 Å². The zero-order chi connectivity index (χ0) is 13.1. The highest BCUT2D eigenvalue weighted by atomic mass is 14.9. The minimum atomic E-state index is 0.0837. The average Bonchev–Trinajstić information content (AvgIpc) is 2.23. The van der Waals surface area contributed by atoms with Gasteiger partial charge in [-0.1, -0.05) is 27.7 Å². The zero-order valence-electron chi connectivity index (χ0n) is 12.0. The number of nitrogens with zero attached hydrogens (tertiary/aromatic N) is 2. The first-order chi connectivity index (χ1) is 7.88. The van der Waals surface area contributed by atoms with Crippen LogP contribution in [0.15, 0.2) is 6.07 Å². The number of aryl methyl sites for hydroxylation is 1. The number of hydrogen-bond acceptors (Lipinski definition) is 3. The summed E-state index contributed by atoms with van der Waals surface area (Å²) in [4.78, 5) is 9.33. The van der Waals surface area contributed by atoms with Crippen molar-refractivity contribution in [2.75, 3.05) is 13.6 Å². The Morgan fingerprint density at radius 3 is 2.41 bits per heavy atom. The van der Waals surface area contributed by atoms with E-state index in [1.54, 1.807) is 0 Å². The van der Waals surface area contributed by atoms with E-state index < -0.39 is 0 Å². The maximum atomic E-state index is 4.74. The average molecular weight is 235 g/mol. The van der Waals surface area contributed by atoms with Gasteiger partial charge in [0.15, 0.2) is 0 Å². The van der Waals surface area contributed by atoms with E-state index in [4.69, 9.17) is 4.98 Å². The molecule has 0 bridgehead atoms. The molecule has 1 N–H and O–H groups in total. The summed E-state index contributed by atoms with van der Waals surface area (Å²) in [5.41, 5.74) is 2.28. The van der Waals surface area contributed by atoms with Gasteiger partial charge in [-0.25, -0.2) is 9.97 Å². The van der Waals surface area contributed by atoms with E-state index >= 15 is 0 Å². The Morgan fingerprint density at radius 2 is 1.94 bits per heavy atom. The number of nitrogens with one attached hydrogen (secondary N) is 1. The van der Waals surface area contributed by atoms with Gasteiger partial charge in [0.2, 0.25) is 0 Å². The summed E-state index contributed by atoms with van der Waals surface area (Å²) in [6.45, 7) is 11.7. The molecule has 3 nitrogen and oxygen atoms in total. The summed E-state index contributed by atoms with van der Waals surface area (Å²) in [5, 5.41) is 3.21. The summed E-state index contributed by atoms with van der Waals surface area (Å²) >= 11 is 0. The molecule has 0 aliphatic rings. The fourth-order valence-electron chi connectivity index (χ4n) is 1.82. The molecule has 0 spiro atoms. The molecule has 1 aromatic heterocycles. The van der Waals surface area contributed by atoms with Gasteiger partial charge in [-0.2, -0.15) is 0 Å². The van der Waals surface area contributed by atoms with E-state index in [2.05, 4.69) is 44.1 Å². The predicted octanol–water partition coefficient (Wildman–Crippen LogP) is 2.80. The minimum absolute atomic E-state index is 0.0837. The van der Waals surface area contributed by atoms with Gasteiger partial charge in [0.05, 0.1) is 0 Å². The Bertz CT molecular complexity index is 366. The van der Waals surface area contributed by atoms with Crippen molar-refractivity contribution in [3.63, 3.8) is 0 Å². The third-order valence-electron chi connectivity index (χ3n) is 2.95. The Balaban J connectivity index is 3.12. The first kappa shape index (κ1) is 14.1. The fourth-order valence-corrected chi connectivity index (χ4v) is 1.82. The molecule has 0 aliphatic carbocycles. The van der Waals surface area contributed by atoms with Crippen molar-refractivity contribution >= 4 is 0 Å². The van der Waals surface area contributed by atoms with Crippen LogP contribution in [-0.4, -0.2) is 23.6 Å². The second kappa shape index (κ2) is 5.58. The first-order valence-corrected chi connectivity index (χ1v) is 6.39. The Labute approximate surface area is 105 Å². The highest BCUT2D eigenvalue weighted by molar-refractivity contribution is 5.18. The minimum Gasteiger partial charge on any atom is -0.319 e. The van der Waals surface area contributed by atoms with Gasteiger partial charge in [0, 0.05) is 29.3 Å². The molecule has 1 unspecified atom stereocenters. The van der Waals surface area contributed by atoms with Crippen LogP contribution in [0.5, 0.6) is 0 Å². The summed E-state index contributed by atoms with van der Waals surface area (Å²) < 4.78 is 0. The van der Waals surface area contributed by atoms with Gasteiger partial charge < -0.3 is 5.32 Å². The second-order valence-corrected chi connectivity index (χ2v) is 5.67. The van der Waals surface area contributed by atoms with Crippen LogP contribution < -0.4 is 5.32 Å². The van der Waals surface area contributed by atoms with Crippen molar-refractivity contribution < 1.29 is 0 Å². The van der Waals surface area contributed by atoms with Gasteiger partial charge in [0.25, 0.3) is 0 Å². The van der Waals surface area contributed by atoms with Crippen molar-refractivity contribution in [2.24, 2.45) is 0 Å². The van der Waals surface area contributed by atoms with Crippen molar-refractivity contribution in [1.29, 1.82) is 0 Å². The lowest BCUT2D eigenvalue weighted by atomic mass is 9.91. The molecule has 1 atom stereocenters. The Kier molecular flexibility index (Phi) is 4.63. The second-order valence-electron chi connectivity index (χ2n) is 5.67. The van der Waals surface area contributed by atoms with E-state index in [0.29, 0.717) is 5.92 Å². The smallest absolute Gasteiger partial charge is 0.133 e. The monoisotopic (exact) mass is 235 g/mol. The number of likely N-dealkylation sites (N-methyl/N-ethyl adjacent to an activating group) is 1. The number of aromatic nitrogens is 2. The van der Waals surface area contributed by atoms with Gasteiger partial charge in [0.1, 0.15) is 5.82 Å². The van der Waals surface area contributed by atoms with Crippen molar-refractivity contribution in [3.8, 4) is 0 Å². The lowest BCUT2D eigenvalue weighted by Gasteiger charge is -2.21. The molecule has 0 saturated carbocycles. The van der Waals surface area contributed by atoms with E-state index in [9.17, 15) is 0 Å². The maximum Gasteiger partial charge on any atom is 0.133 e. The molecule has 0 aromatic carbocycles. The SMILES string of the molecule is CCC(CNC)c1nc(C)cc(C(C)(C)C)n1. The van der Waals surface area contributed by atoms with Crippen LogP contribution in [0.1, 0.15) is 57.2 Å². The largest absolute Gasteiger partial charge is 0.319 e. The van der Waals surface area contributed by atoms with Gasteiger partial charge >= 0.3 is 0 Å². The molecule has 96 valence electrons. The van der Waals surface area contributed by atoms with Crippen molar-refractivity contribution in [1.82, 2.24) is 15.3 Å². The summed E-state index contributed by atoms with van der Waals surface area (Å²) in [6.07, 6.45) is 1.06. The molecule has 1 rings (SSSR count). The van der Waals surface area contributed by atoms with Gasteiger partial charge in [-0.15, -0.1) is 0 Å². The van der Waals surface area contributed by atoms with Crippen LogP contribution in [-0.2, 0) is 5.41 Å². The van der Waals surface area contributed by atoms with Crippen LogP contribution in [0.4, 0.5) is 0 Å². The third-order valence-corrected chi connectivity index (χ3v) is 2.95. The molecule has 1 heterocycles.